The first-order valence-electron chi connectivity index (χ1n) is 8.82. The standard InChI is InChI=1S/C18H24N6O/c19-14-3-5-15(6-4-14)22-7-9-23(10-8-22)18(25)17-21-16(20)12-24(17)11-13-1-2-13/h3-6,12-13H,1-2,7-11,19-20H2. The fraction of sp³-hybridized carbons (Fsp3) is 0.444. The van der Waals surface area contributed by atoms with E-state index in [1.807, 2.05) is 33.7 Å². The minimum absolute atomic E-state index is 0.0192. The molecule has 0 atom stereocenters. The fourth-order valence-electron chi connectivity index (χ4n) is 3.32. The van der Waals surface area contributed by atoms with Crippen LogP contribution in [0.4, 0.5) is 17.2 Å². The van der Waals surface area contributed by atoms with E-state index >= 15 is 0 Å². The van der Waals surface area contributed by atoms with Crippen molar-refractivity contribution in [3.8, 4) is 0 Å². The van der Waals surface area contributed by atoms with Gasteiger partial charge in [-0.1, -0.05) is 0 Å². The largest absolute Gasteiger partial charge is 0.399 e. The molecule has 2 fully saturated rings. The van der Waals surface area contributed by atoms with Gasteiger partial charge in [-0.3, -0.25) is 4.79 Å². The number of nitrogens with two attached hydrogens (primary N) is 2. The van der Waals surface area contributed by atoms with Gasteiger partial charge in [-0.15, -0.1) is 0 Å². The molecule has 0 bridgehead atoms. The van der Waals surface area contributed by atoms with E-state index < -0.39 is 0 Å². The first kappa shape index (κ1) is 15.8. The number of aromatic nitrogens is 2. The Kier molecular flexibility index (Phi) is 3.99. The van der Waals surface area contributed by atoms with Crippen molar-refractivity contribution < 1.29 is 4.79 Å². The van der Waals surface area contributed by atoms with Crippen molar-refractivity contribution >= 4 is 23.1 Å². The Morgan fingerprint density at radius 3 is 2.40 bits per heavy atom. The van der Waals surface area contributed by atoms with Crippen molar-refractivity contribution in [2.75, 3.05) is 42.5 Å². The molecule has 4 N–H and O–H groups in total. The lowest BCUT2D eigenvalue weighted by atomic mass is 10.2. The summed E-state index contributed by atoms with van der Waals surface area (Å²) in [6.45, 7) is 3.80. The monoisotopic (exact) mass is 340 g/mol. The van der Waals surface area contributed by atoms with Crippen LogP contribution in [-0.4, -0.2) is 46.5 Å². The van der Waals surface area contributed by atoms with Gasteiger partial charge >= 0.3 is 0 Å². The molecule has 7 heteroatoms. The number of carbonyl (C=O) groups is 1. The highest BCUT2D eigenvalue weighted by molar-refractivity contribution is 5.91. The molecule has 25 heavy (non-hydrogen) atoms. The highest BCUT2D eigenvalue weighted by atomic mass is 16.2. The summed E-state index contributed by atoms with van der Waals surface area (Å²) in [4.78, 5) is 21.3. The molecule has 7 nitrogen and oxygen atoms in total. The van der Waals surface area contributed by atoms with Gasteiger partial charge in [0.05, 0.1) is 0 Å². The predicted molar refractivity (Wildman–Crippen MR) is 98.3 cm³/mol. The van der Waals surface area contributed by atoms with Gasteiger partial charge in [-0.05, 0) is 43.0 Å². The van der Waals surface area contributed by atoms with E-state index in [0.29, 0.717) is 30.6 Å². The summed E-state index contributed by atoms with van der Waals surface area (Å²) in [7, 11) is 0. The number of benzene rings is 1. The Labute approximate surface area is 147 Å². The van der Waals surface area contributed by atoms with Crippen molar-refractivity contribution in [3.63, 3.8) is 0 Å². The number of carbonyl (C=O) groups excluding carboxylic acids is 1. The number of hydrogen-bond donors (Lipinski definition) is 2. The molecule has 2 aliphatic rings. The van der Waals surface area contributed by atoms with Gasteiger partial charge in [0.25, 0.3) is 5.91 Å². The lowest BCUT2D eigenvalue weighted by molar-refractivity contribution is 0.0729. The molecule has 1 amide bonds. The normalized spacial score (nSPS) is 17.8. The zero-order valence-corrected chi connectivity index (χ0v) is 14.3. The lowest BCUT2D eigenvalue weighted by Crippen LogP contribution is -2.49. The molecule has 1 aliphatic carbocycles. The number of nitrogen functional groups attached to an aromatic ring is 2. The number of rotatable bonds is 4. The minimum Gasteiger partial charge on any atom is -0.399 e. The average Bonchev–Trinajstić information content (AvgIpc) is 3.36. The minimum atomic E-state index is -0.0192. The van der Waals surface area contributed by atoms with Crippen LogP contribution in [-0.2, 0) is 6.54 Å². The molecule has 1 aromatic carbocycles. The maximum Gasteiger partial charge on any atom is 0.290 e. The molecule has 2 heterocycles. The van der Waals surface area contributed by atoms with Crippen molar-refractivity contribution in [1.29, 1.82) is 0 Å². The van der Waals surface area contributed by atoms with E-state index in [1.54, 1.807) is 6.20 Å². The fourth-order valence-corrected chi connectivity index (χ4v) is 3.32. The van der Waals surface area contributed by atoms with Gasteiger partial charge in [-0.25, -0.2) is 4.98 Å². The van der Waals surface area contributed by atoms with Crippen LogP contribution in [0.5, 0.6) is 0 Å². The molecule has 2 aromatic rings. The summed E-state index contributed by atoms with van der Waals surface area (Å²) in [5.41, 5.74) is 13.5. The molecule has 0 radical (unpaired) electrons. The summed E-state index contributed by atoms with van der Waals surface area (Å²) in [5.74, 6) is 1.55. The Bertz CT molecular complexity index is 756. The van der Waals surface area contributed by atoms with Crippen molar-refractivity contribution in [2.24, 2.45) is 5.92 Å². The number of imidazole rings is 1. The van der Waals surface area contributed by atoms with Gasteiger partial charge in [0.2, 0.25) is 5.82 Å². The summed E-state index contributed by atoms with van der Waals surface area (Å²) in [6.07, 6.45) is 4.24. The summed E-state index contributed by atoms with van der Waals surface area (Å²) >= 11 is 0. The lowest BCUT2D eigenvalue weighted by Gasteiger charge is -2.36. The average molecular weight is 340 g/mol. The van der Waals surface area contributed by atoms with Gasteiger partial charge in [0, 0.05) is 50.3 Å². The van der Waals surface area contributed by atoms with Crippen molar-refractivity contribution in [2.45, 2.75) is 19.4 Å². The number of anilines is 3. The molecular formula is C18H24N6O. The molecule has 1 saturated carbocycles. The zero-order chi connectivity index (χ0) is 17.4. The Morgan fingerprint density at radius 1 is 1.08 bits per heavy atom. The second-order valence-electron chi connectivity index (χ2n) is 6.96. The summed E-state index contributed by atoms with van der Waals surface area (Å²) in [5, 5.41) is 0. The first-order valence-corrected chi connectivity index (χ1v) is 8.82. The predicted octanol–water partition coefficient (Wildman–Crippen LogP) is 1.42. The second kappa shape index (κ2) is 6.31. The molecular weight excluding hydrogens is 316 g/mol. The second-order valence-corrected chi connectivity index (χ2v) is 6.96. The van der Waals surface area contributed by atoms with E-state index in [9.17, 15) is 4.79 Å². The third-order valence-corrected chi connectivity index (χ3v) is 4.96. The highest BCUT2D eigenvalue weighted by Gasteiger charge is 2.28. The van der Waals surface area contributed by atoms with E-state index in [-0.39, 0.29) is 5.91 Å². The Balaban J connectivity index is 1.42. The smallest absolute Gasteiger partial charge is 0.290 e. The third kappa shape index (κ3) is 3.40. The Morgan fingerprint density at radius 2 is 1.76 bits per heavy atom. The zero-order valence-electron chi connectivity index (χ0n) is 14.3. The van der Waals surface area contributed by atoms with Crippen molar-refractivity contribution in [3.05, 3.63) is 36.3 Å². The van der Waals surface area contributed by atoms with E-state index in [2.05, 4.69) is 9.88 Å². The topological polar surface area (TPSA) is 93.4 Å². The Hall–Kier alpha value is -2.70. The van der Waals surface area contributed by atoms with Crippen LogP contribution in [0.15, 0.2) is 30.5 Å². The summed E-state index contributed by atoms with van der Waals surface area (Å²) < 4.78 is 1.93. The van der Waals surface area contributed by atoms with Crippen LogP contribution in [0.1, 0.15) is 23.5 Å². The van der Waals surface area contributed by atoms with Crippen LogP contribution in [0.3, 0.4) is 0 Å². The van der Waals surface area contributed by atoms with E-state index in [4.69, 9.17) is 11.5 Å². The third-order valence-electron chi connectivity index (χ3n) is 4.96. The van der Waals surface area contributed by atoms with Gasteiger partial charge < -0.3 is 25.8 Å². The van der Waals surface area contributed by atoms with Crippen LogP contribution >= 0.6 is 0 Å². The molecule has 132 valence electrons. The van der Waals surface area contributed by atoms with Crippen LogP contribution in [0, 0.1) is 5.92 Å². The van der Waals surface area contributed by atoms with Gasteiger partial charge in [0.15, 0.2) is 0 Å². The number of hydrogen-bond acceptors (Lipinski definition) is 5. The van der Waals surface area contributed by atoms with Crippen LogP contribution < -0.4 is 16.4 Å². The maximum atomic E-state index is 12.9. The highest BCUT2D eigenvalue weighted by Crippen LogP contribution is 2.31. The molecule has 1 aromatic heterocycles. The molecule has 0 spiro atoms. The molecule has 1 saturated heterocycles. The number of nitrogens with zero attached hydrogens (tertiary/aromatic N) is 4. The van der Waals surface area contributed by atoms with Crippen molar-refractivity contribution in [1.82, 2.24) is 14.5 Å². The molecule has 1 aliphatic heterocycles. The quantitative estimate of drug-likeness (QED) is 0.821. The SMILES string of the molecule is Nc1ccc(N2CCN(C(=O)c3nc(N)cn3CC3CC3)CC2)cc1. The molecule has 4 rings (SSSR count). The molecule has 0 unspecified atom stereocenters. The maximum absolute atomic E-state index is 12.9. The van der Waals surface area contributed by atoms with E-state index in [0.717, 1.165) is 31.0 Å². The van der Waals surface area contributed by atoms with Gasteiger partial charge in [-0.2, -0.15) is 0 Å². The number of piperazine rings is 1. The van der Waals surface area contributed by atoms with Gasteiger partial charge in [0.1, 0.15) is 5.82 Å². The number of amides is 1. The van der Waals surface area contributed by atoms with E-state index in [1.165, 1.54) is 12.8 Å². The van der Waals surface area contributed by atoms with Crippen LogP contribution in [0.25, 0.3) is 0 Å². The van der Waals surface area contributed by atoms with Crippen LogP contribution in [0.2, 0.25) is 0 Å². The summed E-state index contributed by atoms with van der Waals surface area (Å²) in [6, 6.07) is 7.86. The first-order chi connectivity index (χ1) is 12.1.